The molecule has 10 heteroatoms. The van der Waals surface area contributed by atoms with Gasteiger partial charge in [-0.05, 0) is 38.1 Å². The first kappa shape index (κ1) is 25.9. The molecule has 2 unspecified atom stereocenters. The predicted molar refractivity (Wildman–Crippen MR) is 123 cm³/mol. The Morgan fingerprint density at radius 1 is 0.800 bits per heavy atom. The van der Waals surface area contributed by atoms with Crippen LogP contribution in [0.1, 0.15) is 34.6 Å². The van der Waals surface area contributed by atoms with Crippen LogP contribution in [0.15, 0.2) is 60.7 Å². The van der Waals surface area contributed by atoms with Gasteiger partial charge in [0.2, 0.25) is 0 Å². The second-order valence-electron chi connectivity index (χ2n) is 8.60. The van der Waals surface area contributed by atoms with Gasteiger partial charge in [-0.2, -0.15) is 0 Å². The topological polar surface area (TPSA) is 134 Å². The highest BCUT2D eigenvalue weighted by atomic mass is 16.5. The summed E-state index contributed by atoms with van der Waals surface area (Å²) in [5.41, 5.74) is -0.676. The van der Waals surface area contributed by atoms with E-state index in [0.29, 0.717) is 11.1 Å². The molecule has 2 aromatic carbocycles. The molecular formula is C25H28N2O8. The van der Waals surface area contributed by atoms with Gasteiger partial charge in [-0.25, -0.2) is 14.4 Å². The molecule has 0 saturated carbocycles. The van der Waals surface area contributed by atoms with Crippen LogP contribution in [0.2, 0.25) is 0 Å². The number of ether oxygens (including phenoxy) is 2. The lowest BCUT2D eigenvalue weighted by Crippen LogP contribution is -2.48. The van der Waals surface area contributed by atoms with E-state index in [1.807, 2.05) is 0 Å². The maximum absolute atomic E-state index is 12.9. The molecular weight excluding hydrogens is 456 g/mol. The van der Waals surface area contributed by atoms with Gasteiger partial charge in [-0.3, -0.25) is 9.69 Å². The van der Waals surface area contributed by atoms with Crippen molar-refractivity contribution in [3.05, 3.63) is 71.8 Å². The highest BCUT2D eigenvalue weighted by Crippen LogP contribution is 2.28. The molecule has 2 atom stereocenters. The molecule has 1 heterocycles. The molecule has 1 aliphatic heterocycles. The number of rotatable bonds is 10. The van der Waals surface area contributed by atoms with E-state index < -0.39 is 54.8 Å². The number of imide groups is 1. The number of nitrogens with zero attached hydrogens (tertiary/aromatic N) is 2. The van der Waals surface area contributed by atoms with Crippen molar-refractivity contribution in [2.24, 2.45) is 0 Å². The Hall–Kier alpha value is -3.76. The number of hydrogen-bond donors (Lipinski definition) is 2. The molecule has 0 aromatic heterocycles. The Bertz CT molecular complexity index is 1060. The van der Waals surface area contributed by atoms with Gasteiger partial charge in [0.1, 0.15) is 31.0 Å². The molecule has 2 N–H and O–H groups in total. The second kappa shape index (κ2) is 11.1. The molecule has 2 aromatic rings. The largest absolute Gasteiger partial charge is 0.459 e. The van der Waals surface area contributed by atoms with E-state index in [2.05, 4.69) is 0 Å². The summed E-state index contributed by atoms with van der Waals surface area (Å²) in [6, 6.07) is 15.7. The smallest absolute Gasteiger partial charge is 0.338 e. The maximum atomic E-state index is 12.9. The fourth-order valence-corrected chi connectivity index (χ4v) is 3.57. The van der Waals surface area contributed by atoms with E-state index in [1.165, 1.54) is 13.8 Å². The number of aliphatic hydroxyl groups is 2. The van der Waals surface area contributed by atoms with Gasteiger partial charge < -0.3 is 24.6 Å². The van der Waals surface area contributed by atoms with Gasteiger partial charge in [-0.15, -0.1) is 0 Å². The van der Waals surface area contributed by atoms with Crippen LogP contribution in [0.3, 0.4) is 0 Å². The number of aliphatic hydroxyl groups excluding tert-OH is 2. The van der Waals surface area contributed by atoms with Crippen LogP contribution in [-0.4, -0.2) is 87.9 Å². The zero-order valence-electron chi connectivity index (χ0n) is 19.5. The minimum atomic E-state index is -1.30. The van der Waals surface area contributed by atoms with E-state index in [9.17, 15) is 29.4 Å². The van der Waals surface area contributed by atoms with Gasteiger partial charge in [-0.1, -0.05) is 36.4 Å². The van der Waals surface area contributed by atoms with Crippen molar-refractivity contribution in [3.63, 3.8) is 0 Å². The molecule has 186 valence electrons. The van der Waals surface area contributed by atoms with Crippen LogP contribution in [0.4, 0.5) is 4.79 Å². The summed E-state index contributed by atoms with van der Waals surface area (Å²) in [5.74, 6) is -1.84. The third-order valence-electron chi connectivity index (χ3n) is 5.52. The summed E-state index contributed by atoms with van der Waals surface area (Å²) in [6.45, 7) is 1.58. The normalized spacial score (nSPS) is 16.7. The maximum Gasteiger partial charge on any atom is 0.338 e. The zero-order valence-corrected chi connectivity index (χ0v) is 19.5. The van der Waals surface area contributed by atoms with E-state index in [0.717, 1.165) is 9.80 Å². The van der Waals surface area contributed by atoms with Crippen LogP contribution < -0.4 is 0 Å². The van der Waals surface area contributed by atoms with Crippen LogP contribution >= 0.6 is 0 Å². The van der Waals surface area contributed by atoms with Crippen molar-refractivity contribution in [1.29, 1.82) is 0 Å². The fourth-order valence-electron chi connectivity index (χ4n) is 3.57. The Balaban J connectivity index is 1.53. The molecule has 35 heavy (non-hydrogen) atoms. The van der Waals surface area contributed by atoms with Crippen LogP contribution in [-0.2, 0) is 14.3 Å². The molecule has 3 rings (SSSR count). The Kier molecular flexibility index (Phi) is 8.21. The van der Waals surface area contributed by atoms with Crippen LogP contribution in [0, 0.1) is 0 Å². The van der Waals surface area contributed by atoms with Gasteiger partial charge in [0, 0.05) is 0 Å². The van der Waals surface area contributed by atoms with Crippen LogP contribution in [0.25, 0.3) is 0 Å². The highest BCUT2D eigenvalue weighted by molar-refractivity contribution is 6.06. The summed E-state index contributed by atoms with van der Waals surface area (Å²) in [7, 11) is 0. The number of hydrogen-bond acceptors (Lipinski definition) is 8. The average Bonchev–Trinajstić information content (AvgIpc) is 3.01. The lowest BCUT2D eigenvalue weighted by molar-refractivity contribution is -0.133. The Morgan fingerprint density at radius 3 is 1.69 bits per heavy atom. The molecule has 0 aliphatic carbocycles. The summed E-state index contributed by atoms with van der Waals surface area (Å²) >= 11 is 0. The standard InChI is InChI=1S/C25H28N2O8/c1-25(2)23(32)26(13-19(28)15-34-21(30)17-9-5-3-6-10-17)24(33)27(25)14-20(29)16-35-22(31)18-11-7-4-8-12-18/h3-12,19-20,28-29H,13-16H2,1-2H3. The van der Waals surface area contributed by atoms with Crippen molar-refractivity contribution >= 4 is 23.9 Å². The number of urea groups is 1. The van der Waals surface area contributed by atoms with Crippen molar-refractivity contribution in [3.8, 4) is 0 Å². The fraction of sp³-hybridized carbons (Fsp3) is 0.360. The third-order valence-corrected chi connectivity index (χ3v) is 5.52. The number of esters is 2. The lowest BCUT2D eigenvalue weighted by atomic mass is 10.0. The lowest BCUT2D eigenvalue weighted by Gasteiger charge is -2.29. The van der Waals surface area contributed by atoms with E-state index in [4.69, 9.17) is 9.47 Å². The number of β-amino-alcohol motifs (C(OH)–C–C–N with tert-alkyl or cyclic N) is 2. The number of carbonyl (C=O) groups excluding carboxylic acids is 4. The first-order chi connectivity index (χ1) is 16.6. The minimum Gasteiger partial charge on any atom is -0.459 e. The molecule has 1 saturated heterocycles. The first-order valence-electron chi connectivity index (χ1n) is 11.0. The predicted octanol–water partition coefficient (Wildman–Crippen LogP) is 1.46. The average molecular weight is 485 g/mol. The molecule has 1 aliphatic rings. The summed E-state index contributed by atoms with van der Waals surface area (Å²) in [4.78, 5) is 51.9. The summed E-state index contributed by atoms with van der Waals surface area (Å²) < 4.78 is 10.2. The minimum absolute atomic E-state index is 0.269. The van der Waals surface area contributed by atoms with Gasteiger partial charge in [0.25, 0.3) is 5.91 Å². The molecule has 10 nitrogen and oxygen atoms in total. The van der Waals surface area contributed by atoms with E-state index in [1.54, 1.807) is 60.7 Å². The SMILES string of the molecule is CC1(C)C(=O)N(CC(O)COC(=O)c2ccccc2)C(=O)N1CC(O)COC(=O)c1ccccc1. The van der Waals surface area contributed by atoms with Crippen molar-refractivity contribution < 1.29 is 38.9 Å². The molecule has 0 radical (unpaired) electrons. The number of carbonyl (C=O) groups is 4. The van der Waals surface area contributed by atoms with E-state index >= 15 is 0 Å². The number of benzene rings is 2. The first-order valence-corrected chi connectivity index (χ1v) is 11.0. The summed E-state index contributed by atoms with van der Waals surface area (Å²) in [6.07, 6.45) is -2.54. The molecule has 1 fully saturated rings. The number of amides is 3. The Labute approximate surface area is 202 Å². The molecule has 0 spiro atoms. The third kappa shape index (κ3) is 6.23. The highest BCUT2D eigenvalue weighted by Gasteiger charge is 2.51. The second-order valence-corrected chi connectivity index (χ2v) is 8.60. The van der Waals surface area contributed by atoms with Crippen molar-refractivity contribution in [2.45, 2.75) is 31.6 Å². The monoisotopic (exact) mass is 484 g/mol. The van der Waals surface area contributed by atoms with Crippen molar-refractivity contribution in [1.82, 2.24) is 9.80 Å². The zero-order chi connectivity index (χ0) is 25.6. The van der Waals surface area contributed by atoms with Crippen LogP contribution in [0.5, 0.6) is 0 Å². The molecule has 3 amide bonds. The van der Waals surface area contributed by atoms with Gasteiger partial charge in [0.15, 0.2) is 0 Å². The Morgan fingerprint density at radius 2 is 1.23 bits per heavy atom. The summed E-state index contributed by atoms with van der Waals surface area (Å²) in [5, 5.41) is 20.6. The van der Waals surface area contributed by atoms with Gasteiger partial charge in [0.05, 0.1) is 24.2 Å². The van der Waals surface area contributed by atoms with E-state index in [-0.39, 0.29) is 13.2 Å². The molecule has 0 bridgehead atoms. The quantitative estimate of drug-likeness (QED) is 0.383. The van der Waals surface area contributed by atoms with Crippen molar-refractivity contribution in [2.75, 3.05) is 26.3 Å². The van der Waals surface area contributed by atoms with Gasteiger partial charge >= 0.3 is 18.0 Å².